The van der Waals surface area contributed by atoms with Crippen molar-refractivity contribution in [3.8, 4) is 0 Å². The van der Waals surface area contributed by atoms with E-state index < -0.39 is 0 Å². The highest BCUT2D eigenvalue weighted by Gasteiger charge is 2.25. The summed E-state index contributed by atoms with van der Waals surface area (Å²) in [7, 11) is 1.94. The summed E-state index contributed by atoms with van der Waals surface area (Å²) >= 11 is 0. The van der Waals surface area contributed by atoms with Gasteiger partial charge in [-0.1, -0.05) is 12.8 Å². The van der Waals surface area contributed by atoms with Crippen molar-refractivity contribution in [1.29, 1.82) is 0 Å². The highest BCUT2D eigenvalue weighted by molar-refractivity contribution is 5.76. The minimum absolute atomic E-state index is 0.300. The summed E-state index contributed by atoms with van der Waals surface area (Å²) in [4.78, 5) is 17.2. The number of carbonyl (C=O) groups excluding carboxylic acids is 1. The maximum absolute atomic E-state index is 12.5. The van der Waals surface area contributed by atoms with Gasteiger partial charge in [-0.05, 0) is 31.7 Å². The molecule has 2 heterocycles. The van der Waals surface area contributed by atoms with Crippen molar-refractivity contribution in [1.82, 2.24) is 19.6 Å². The number of amides is 1. The van der Waals surface area contributed by atoms with Gasteiger partial charge in [-0.25, -0.2) is 0 Å². The number of nitrogens with zero attached hydrogens (tertiary/aromatic N) is 4. The van der Waals surface area contributed by atoms with Crippen molar-refractivity contribution in [3.63, 3.8) is 0 Å². The molecule has 2 fully saturated rings. The van der Waals surface area contributed by atoms with Crippen LogP contribution in [0.25, 0.3) is 0 Å². The lowest BCUT2D eigenvalue weighted by Gasteiger charge is -2.27. The Kier molecular flexibility index (Phi) is 5.13. The van der Waals surface area contributed by atoms with Gasteiger partial charge in [0, 0.05) is 57.6 Å². The zero-order chi connectivity index (χ0) is 15.4. The highest BCUT2D eigenvalue weighted by atomic mass is 16.2. The molecule has 1 aliphatic carbocycles. The number of aryl methyl sites for hydroxylation is 2. The summed E-state index contributed by atoms with van der Waals surface area (Å²) in [6.45, 7) is 4.05. The third-order valence-electron chi connectivity index (χ3n) is 5.24. The second-order valence-corrected chi connectivity index (χ2v) is 6.65. The lowest BCUT2D eigenvalue weighted by atomic mass is 10.2. The van der Waals surface area contributed by atoms with Gasteiger partial charge in [-0.3, -0.25) is 14.4 Å². The summed E-state index contributed by atoms with van der Waals surface area (Å²) in [6, 6.07) is 2.78. The van der Waals surface area contributed by atoms with E-state index in [0.717, 1.165) is 50.8 Å². The molecular formula is C17H28N4O. The molecule has 3 rings (SSSR count). The third kappa shape index (κ3) is 3.69. The Bertz CT molecular complexity index is 493. The third-order valence-corrected chi connectivity index (χ3v) is 5.24. The standard InChI is InChI=1S/C17H28N4O/c1-19-15(9-10-18-19)7-8-17(22)21-12-4-11-20(13-14-21)16-5-2-3-6-16/h9-10,16H,2-8,11-14H2,1H3. The molecule has 122 valence electrons. The van der Waals surface area contributed by atoms with E-state index in [0.29, 0.717) is 12.3 Å². The molecule has 1 aromatic rings. The van der Waals surface area contributed by atoms with E-state index in [9.17, 15) is 4.79 Å². The van der Waals surface area contributed by atoms with E-state index in [1.165, 1.54) is 25.7 Å². The molecule has 22 heavy (non-hydrogen) atoms. The molecular weight excluding hydrogens is 276 g/mol. The molecule has 1 aromatic heterocycles. The van der Waals surface area contributed by atoms with Crippen LogP contribution < -0.4 is 0 Å². The van der Waals surface area contributed by atoms with Crippen LogP contribution in [0.5, 0.6) is 0 Å². The van der Waals surface area contributed by atoms with Crippen LogP contribution in [-0.4, -0.2) is 57.7 Å². The maximum Gasteiger partial charge on any atom is 0.223 e. The minimum Gasteiger partial charge on any atom is -0.341 e. The normalized spacial score (nSPS) is 21.2. The van der Waals surface area contributed by atoms with Gasteiger partial charge >= 0.3 is 0 Å². The lowest BCUT2D eigenvalue weighted by molar-refractivity contribution is -0.131. The zero-order valence-electron chi connectivity index (χ0n) is 13.7. The van der Waals surface area contributed by atoms with Crippen molar-refractivity contribution in [2.24, 2.45) is 7.05 Å². The smallest absolute Gasteiger partial charge is 0.223 e. The van der Waals surface area contributed by atoms with Crippen molar-refractivity contribution in [2.75, 3.05) is 26.2 Å². The highest BCUT2D eigenvalue weighted by Crippen LogP contribution is 2.24. The van der Waals surface area contributed by atoms with Gasteiger partial charge in [-0.2, -0.15) is 5.10 Å². The van der Waals surface area contributed by atoms with Crippen LogP contribution in [0, 0.1) is 0 Å². The number of carbonyl (C=O) groups is 1. The number of aromatic nitrogens is 2. The van der Waals surface area contributed by atoms with E-state index in [1.54, 1.807) is 6.20 Å². The van der Waals surface area contributed by atoms with Crippen LogP contribution in [0.15, 0.2) is 12.3 Å². The molecule has 2 aliphatic rings. The van der Waals surface area contributed by atoms with E-state index >= 15 is 0 Å². The second kappa shape index (κ2) is 7.27. The van der Waals surface area contributed by atoms with Gasteiger partial charge in [0.2, 0.25) is 5.91 Å². The van der Waals surface area contributed by atoms with Gasteiger partial charge in [0.25, 0.3) is 0 Å². The molecule has 0 spiro atoms. The van der Waals surface area contributed by atoms with Crippen LogP contribution >= 0.6 is 0 Å². The first kappa shape index (κ1) is 15.5. The van der Waals surface area contributed by atoms with E-state index in [1.807, 2.05) is 17.8 Å². The van der Waals surface area contributed by atoms with E-state index in [-0.39, 0.29) is 0 Å². The summed E-state index contributed by atoms with van der Waals surface area (Å²) < 4.78 is 1.86. The van der Waals surface area contributed by atoms with Crippen LogP contribution in [0.4, 0.5) is 0 Å². The largest absolute Gasteiger partial charge is 0.341 e. The summed E-state index contributed by atoms with van der Waals surface area (Å²) in [5.74, 6) is 0.300. The predicted octanol–water partition coefficient (Wildman–Crippen LogP) is 1.83. The first-order chi connectivity index (χ1) is 10.7. The Morgan fingerprint density at radius 2 is 2.00 bits per heavy atom. The molecule has 0 bridgehead atoms. The second-order valence-electron chi connectivity index (χ2n) is 6.65. The van der Waals surface area contributed by atoms with Crippen LogP contribution in [0.1, 0.15) is 44.2 Å². The van der Waals surface area contributed by atoms with Gasteiger partial charge < -0.3 is 4.90 Å². The Balaban J connectivity index is 1.47. The molecule has 1 saturated carbocycles. The average Bonchev–Trinajstić information content (AvgIpc) is 3.12. The molecule has 0 radical (unpaired) electrons. The maximum atomic E-state index is 12.5. The van der Waals surface area contributed by atoms with E-state index in [4.69, 9.17) is 0 Å². The number of hydrogen-bond donors (Lipinski definition) is 0. The molecule has 1 aliphatic heterocycles. The van der Waals surface area contributed by atoms with Gasteiger partial charge in [0.15, 0.2) is 0 Å². The van der Waals surface area contributed by atoms with Crippen molar-refractivity contribution < 1.29 is 4.79 Å². The van der Waals surface area contributed by atoms with Gasteiger partial charge in [0.05, 0.1) is 0 Å². The molecule has 0 atom stereocenters. The topological polar surface area (TPSA) is 41.4 Å². The average molecular weight is 304 g/mol. The zero-order valence-corrected chi connectivity index (χ0v) is 13.7. The minimum atomic E-state index is 0.300. The van der Waals surface area contributed by atoms with Crippen molar-refractivity contribution in [2.45, 2.75) is 51.0 Å². The van der Waals surface area contributed by atoms with Gasteiger partial charge in [0.1, 0.15) is 0 Å². The van der Waals surface area contributed by atoms with Gasteiger partial charge in [-0.15, -0.1) is 0 Å². The molecule has 1 saturated heterocycles. The van der Waals surface area contributed by atoms with Crippen LogP contribution in [-0.2, 0) is 18.3 Å². The predicted molar refractivity (Wildman–Crippen MR) is 86.6 cm³/mol. The fourth-order valence-corrected chi connectivity index (χ4v) is 3.86. The molecule has 1 amide bonds. The SMILES string of the molecule is Cn1nccc1CCC(=O)N1CCCN(C2CCCC2)CC1. The Morgan fingerprint density at radius 1 is 1.18 bits per heavy atom. The molecule has 5 heteroatoms. The molecule has 0 aromatic carbocycles. The Morgan fingerprint density at radius 3 is 2.73 bits per heavy atom. The van der Waals surface area contributed by atoms with Crippen LogP contribution in [0.3, 0.4) is 0 Å². The van der Waals surface area contributed by atoms with Crippen molar-refractivity contribution in [3.05, 3.63) is 18.0 Å². The molecule has 5 nitrogen and oxygen atoms in total. The summed E-state index contributed by atoms with van der Waals surface area (Å²) in [6.07, 6.45) is 9.78. The lowest BCUT2D eigenvalue weighted by Crippen LogP contribution is -2.38. The Labute approximate surface area is 133 Å². The Hall–Kier alpha value is -1.36. The first-order valence-electron chi connectivity index (χ1n) is 8.73. The monoisotopic (exact) mass is 304 g/mol. The van der Waals surface area contributed by atoms with Crippen LogP contribution in [0.2, 0.25) is 0 Å². The summed E-state index contributed by atoms with van der Waals surface area (Å²) in [5.41, 5.74) is 1.13. The number of hydrogen-bond acceptors (Lipinski definition) is 3. The fraction of sp³-hybridized carbons (Fsp3) is 0.765. The van der Waals surface area contributed by atoms with Crippen molar-refractivity contribution >= 4 is 5.91 Å². The fourth-order valence-electron chi connectivity index (χ4n) is 3.86. The quantitative estimate of drug-likeness (QED) is 0.852. The summed E-state index contributed by atoms with van der Waals surface area (Å²) in [5, 5.41) is 4.16. The van der Waals surface area contributed by atoms with E-state index in [2.05, 4.69) is 14.9 Å². The first-order valence-corrected chi connectivity index (χ1v) is 8.73. The number of rotatable bonds is 4. The molecule has 0 unspecified atom stereocenters. The molecule has 0 N–H and O–H groups in total.